The van der Waals surface area contributed by atoms with Gasteiger partial charge in [-0.15, -0.1) is 0 Å². The second kappa shape index (κ2) is 6.16. The van der Waals surface area contributed by atoms with Crippen molar-refractivity contribution >= 4 is 11.7 Å². The van der Waals surface area contributed by atoms with E-state index in [1.54, 1.807) is 4.57 Å². The maximum absolute atomic E-state index is 11.6. The van der Waals surface area contributed by atoms with Gasteiger partial charge in [0.2, 0.25) is 5.43 Å². The molecule has 1 aliphatic rings. The van der Waals surface area contributed by atoms with E-state index >= 15 is 0 Å². The van der Waals surface area contributed by atoms with Crippen LogP contribution in [0.4, 0.5) is 5.69 Å². The lowest BCUT2D eigenvalue weighted by atomic mass is 10.2. The Hall–Kier alpha value is -2.76. The quantitative estimate of drug-likeness (QED) is 0.901. The maximum atomic E-state index is 11.6. The van der Waals surface area contributed by atoms with Crippen LogP contribution in [0.25, 0.3) is 0 Å². The molecule has 2 heterocycles. The van der Waals surface area contributed by atoms with Crippen LogP contribution in [0.2, 0.25) is 0 Å². The fourth-order valence-electron chi connectivity index (χ4n) is 3.10. The normalized spacial score (nSPS) is 17.4. The summed E-state index contributed by atoms with van der Waals surface area (Å²) in [7, 11) is 0. The summed E-state index contributed by atoms with van der Waals surface area (Å²) in [5.74, 6) is -1.86. The van der Waals surface area contributed by atoms with Gasteiger partial charge in [0.15, 0.2) is 5.75 Å². The van der Waals surface area contributed by atoms with Crippen molar-refractivity contribution in [2.75, 3.05) is 11.4 Å². The summed E-state index contributed by atoms with van der Waals surface area (Å²) in [5.41, 5.74) is -0.131. The predicted octanol–water partition coefficient (Wildman–Crippen LogP) is 1.92. The number of aromatic hydroxyl groups is 1. The minimum absolute atomic E-state index is 0.195. The zero-order valence-electron chi connectivity index (χ0n) is 12.6. The highest BCUT2D eigenvalue weighted by molar-refractivity contribution is 5.87. The number of anilines is 1. The molecule has 0 unspecified atom stereocenters. The molecule has 1 saturated heterocycles. The lowest BCUT2D eigenvalue weighted by Crippen LogP contribution is -2.33. The predicted molar refractivity (Wildman–Crippen MR) is 86.1 cm³/mol. The van der Waals surface area contributed by atoms with Crippen molar-refractivity contribution in [2.45, 2.75) is 25.4 Å². The van der Waals surface area contributed by atoms with Gasteiger partial charge in [-0.3, -0.25) is 4.79 Å². The summed E-state index contributed by atoms with van der Waals surface area (Å²) in [4.78, 5) is 25.0. The summed E-state index contributed by atoms with van der Waals surface area (Å²) in [6.45, 7) is 1.45. The Morgan fingerprint density at radius 3 is 2.65 bits per heavy atom. The van der Waals surface area contributed by atoms with Crippen LogP contribution in [0.1, 0.15) is 23.2 Å². The average molecular weight is 314 g/mol. The molecule has 0 spiro atoms. The highest BCUT2D eigenvalue weighted by atomic mass is 16.4. The van der Waals surface area contributed by atoms with Gasteiger partial charge < -0.3 is 19.7 Å². The number of para-hydroxylation sites is 1. The van der Waals surface area contributed by atoms with Gasteiger partial charge in [0.25, 0.3) is 0 Å². The maximum Gasteiger partial charge on any atom is 0.341 e. The fraction of sp³-hybridized carbons (Fsp3) is 0.294. The molecule has 0 saturated carbocycles. The molecule has 1 aliphatic heterocycles. The van der Waals surface area contributed by atoms with E-state index in [1.807, 2.05) is 30.3 Å². The second-order valence-electron chi connectivity index (χ2n) is 5.71. The van der Waals surface area contributed by atoms with Gasteiger partial charge in [-0.05, 0) is 25.0 Å². The van der Waals surface area contributed by atoms with E-state index < -0.39 is 22.7 Å². The van der Waals surface area contributed by atoms with Crippen LogP contribution in [0.3, 0.4) is 0 Å². The molecule has 0 aliphatic carbocycles. The number of aromatic carboxylic acids is 1. The minimum atomic E-state index is -1.33. The van der Waals surface area contributed by atoms with Gasteiger partial charge in [-0.25, -0.2) is 4.79 Å². The van der Waals surface area contributed by atoms with Crippen molar-refractivity contribution in [3.8, 4) is 5.75 Å². The summed E-state index contributed by atoms with van der Waals surface area (Å²) < 4.78 is 1.59. The van der Waals surface area contributed by atoms with Crippen LogP contribution >= 0.6 is 0 Å². The van der Waals surface area contributed by atoms with Crippen molar-refractivity contribution in [1.82, 2.24) is 4.57 Å². The smallest absolute Gasteiger partial charge is 0.341 e. The molecule has 1 fully saturated rings. The van der Waals surface area contributed by atoms with Gasteiger partial charge in [0, 0.05) is 37.2 Å². The first-order valence-electron chi connectivity index (χ1n) is 7.54. The van der Waals surface area contributed by atoms with Gasteiger partial charge in [-0.1, -0.05) is 18.2 Å². The molecule has 0 bridgehead atoms. The highest BCUT2D eigenvalue weighted by Gasteiger charge is 2.25. The first kappa shape index (κ1) is 15.1. The molecular formula is C17H18N2O4. The summed E-state index contributed by atoms with van der Waals surface area (Å²) in [6.07, 6.45) is 4.63. The summed E-state index contributed by atoms with van der Waals surface area (Å²) in [6, 6.07) is 10.2. The van der Waals surface area contributed by atoms with Crippen LogP contribution in [0, 0.1) is 0 Å². The van der Waals surface area contributed by atoms with Crippen LogP contribution < -0.4 is 10.3 Å². The largest absolute Gasteiger partial charge is 0.503 e. The Bertz CT molecular complexity index is 770. The third-order valence-electron chi connectivity index (χ3n) is 4.18. The number of benzene rings is 1. The van der Waals surface area contributed by atoms with Gasteiger partial charge in [-0.2, -0.15) is 0 Å². The monoisotopic (exact) mass is 314 g/mol. The molecule has 3 rings (SSSR count). The molecule has 0 amide bonds. The molecule has 2 N–H and O–H groups in total. The number of hydrogen-bond donors (Lipinski definition) is 2. The van der Waals surface area contributed by atoms with Crippen LogP contribution in [0.5, 0.6) is 5.75 Å². The molecule has 6 nitrogen and oxygen atoms in total. The highest BCUT2D eigenvalue weighted by Crippen LogP contribution is 2.26. The molecule has 120 valence electrons. The topological polar surface area (TPSA) is 82.8 Å². The third-order valence-corrected chi connectivity index (χ3v) is 4.18. The van der Waals surface area contributed by atoms with E-state index in [9.17, 15) is 14.7 Å². The number of carboxylic acid groups (broad SMARTS) is 1. The van der Waals surface area contributed by atoms with Crippen molar-refractivity contribution in [3.05, 3.63) is 58.5 Å². The Morgan fingerprint density at radius 2 is 1.96 bits per heavy atom. The van der Waals surface area contributed by atoms with Gasteiger partial charge in [0.05, 0.1) is 0 Å². The van der Waals surface area contributed by atoms with E-state index in [4.69, 9.17) is 5.11 Å². The molecule has 1 atom stereocenters. The Labute approximate surface area is 133 Å². The second-order valence-corrected chi connectivity index (χ2v) is 5.71. The standard InChI is InChI=1S/C17H18N2O4/c20-15-11-18(10-14(16(15)21)17(22)23)9-13-7-4-8-19(13)12-5-2-1-3-6-12/h1-3,5-6,10-11,13,20H,4,7-9H2,(H,22,23)/t13-/m0/s1. The molecule has 1 aromatic heterocycles. The number of carbonyl (C=O) groups is 1. The molecular weight excluding hydrogens is 296 g/mol. The van der Waals surface area contributed by atoms with Crippen molar-refractivity contribution in [2.24, 2.45) is 0 Å². The Balaban J connectivity index is 1.87. The molecule has 6 heteroatoms. The first-order chi connectivity index (χ1) is 11.1. The van der Waals surface area contributed by atoms with Crippen LogP contribution in [0.15, 0.2) is 47.5 Å². The van der Waals surface area contributed by atoms with Gasteiger partial charge in [0.1, 0.15) is 5.56 Å². The molecule has 0 radical (unpaired) electrons. The number of rotatable bonds is 4. The lowest BCUT2D eigenvalue weighted by Gasteiger charge is -2.27. The van der Waals surface area contributed by atoms with E-state index in [0.717, 1.165) is 25.1 Å². The first-order valence-corrected chi connectivity index (χ1v) is 7.54. The summed E-state index contributed by atoms with van der Waals surface area (Å²) in [5, 5.41) is 18.7. The van der Waals surface area contributed by atoms with Gasteiger partial charge >= 0.3 is 5.97 Å². The Morgan fingerprint density at radius 1 is 1.22 bits per heavy atom. The third kappa shape index (κ3) is 3.06. The van der Waals surface area contributed by atoms with Crippen LogP contribution in [-0.2, 0) is 6.54 Å². The minimum Gasteiger partial charge on any atom is -0.503 e. The molecule has 23 heavy (non-hydrogen) atoms. The number of carboxylic acids is 1. The molecule has 2 aromatic rings. The fourth-order valence-corrected chi connectivity index (χ4v) is 3.10. The average Bonchev–Trinajstić information content (AvgIpc) is 2.99. The summed E-state index contributed by atoms with van der Waals surface area (Å²) >= 11 is 0. The SMILES string of the molecule is O=C(O)c1cn(C[C@@H]2CCCN2c2ccccc2)cc(O)c1=O. The van der Waals surface area contributed by atoms with E-state index in [0.29, 0.717) is 6.54 Å². The number of aromatic nitrogens is 1. The number of nitrogens with zero attached hydrogens (tertiary/aromatic N) is 2. The van der Waals surface area contributed by atoms with Crippen LogP contribution in [-0.4, -0.2) is 33.3 Å². The van der Waals surface area contributed by atoms with Crippen molar-refractivity contribution in [3.63, 3.8) is 0 Å². The number of hydrogen-bond acceptors (Lipinski definition) is 4. The van der Waals surface area contributed by atoms with E-state index in [2.05, 4.69) is 4.90 Å². The van der Waals surface area contributed by atoms with E-state index in [-0.39, 0.29) is 6.04 Å². The van der Waals surface area contributed by atoms with Crippen molar-refractivity contribution < 1.29 is 15.0 Å². The van der Waals surface area contributed by atoms with E-state index in [1.165, 1.54) is 12.4 Å². The molecule has 1 aromatic carbocycles. The lowest BCUT2D eigenvalue weighted by molar-refractivity contribution is 0.0693. The number of pyridine rings is 1. The van der Waals surface area contributed by atoms with Crippen molar-refractivity contribution in [1.29, 1.82) is 0 Å². The Kier molecular flexibility index (Phi) is 4.06. The zero-order valence-corrected chi connectivity index (χ0v) is 12.6. The zero-order chi connectivity index (χ0) is 16.4.